The Bertz CT molecular complexity index is 681. The summed E-state index contributed by atoms with van der Waals surface area (Å²) in [5.41, 5.74) is 3.95. The van der Waals surface area contributed by atoms with Crippen molar-refractivity contribution in [3.63, 3.8) is 0 Å². The maximum absolute atomic E-state index is 4.41. The van der Waals surface area contributed by atoms with Crippen LogP contribution >= 0.6 is 24.0 Å². The predicted molar refractivity (Wildman–Crippen MR) is 110 cm³/mol. The quantitative estimate of drug-likeness (QED) is 0.429. The number of aryl methyl sites for hydroxylation is 1. The summed E-state index contributed by atoms with van der Waals surface area (Å²) in [5.74, 6) is 0.831. The van der Waals surface area contributed by atoms with Crippen molar-refractivity contribution in [1.82, 2.24) is 15.6 Å². The van der Waals surface area contributed by atoms with Crippen LogP contribution in [0.15, 0.2) is 53.7 Å². The van der Waals surface area contributed by atoms with Crippen molar-refractivity contribution >= 4 is 29.9 Å². The molecule has 0 aliphatic heterocycles. The van der Waals surface area contributed by atoms with Crippen LogP contribution in [0.5, 0.6) is 0 Å². The average Bonchev–Trinajstić information content (AvgIpc) is 3.38. The lowest BCUT2D eigenvalue weighted by atomic mass is 9.96. The van der Waals surface area contributed by atoms with Gasteiger partial charge in [-0.15, -0.1) is 24.0 Å². The maximum Gasteiger partial charge on any atom is 0.191 e. The number of rotatable bonds is 5. The summed E-state index contributed by atoms with van der Waals surface area (Å²) >= 11 is 0. The van der Waals surface area contributed by atoms with Gasteiger partial charge in [-0.2, -0.15) is 0 Å². The number of guanidine groups is 1. The fourth-order valence-corrected chi connectivity index (χ4v) is 2.85. The fraction of sp³-hybridized carbons (Fsp3) is 0.368. The van der Waals surface area contributed by atoms with Crippen molar-refractivity contribution in [2.24, 2.45) is 4.99 Å². The highest BCUT2D eigenvalue weighted by Gasteiger charge is 2.43. The van der Waals surface area contributed by atoms with E-state index in [1.165, 1.54) is 24.0 Å². The summed E-state index contributed by atoms with van der Waals surface area (Å²) in [6.07, 6.45) is 4.30. The molecule has 1 aromatic heterocycles. The number of halogens is 1. The van der Waals surface area contributed by atoms with E-state index in [4.69, 9.17) is 0 Å². The standard InChI is InChI=1S/C19H24N4.HI/c1-15-7-6-12-21-17(15)13-22-18(20-2)23-14-19(10-11-19)16-8-4-3-5-9-16;/h3-9,12H,10-11,13-14H2,1-2H3,(H2,20,22,23);1H. The highest BCUT2D eigenvalue weighted by molar-refractivity contribution is 14.0. The highest BCUT2D eigenvalue weighted by atomic mass is 127. The van der Waals surface area contributed by atoms with Gasteiger partial charge in [0.05, 0.1) is 12.2 Å². The van der Waals surface area contributed by atoms with Crippen molar-refractivity contribution < 1.29 is 0 Å². The third-order valence-corrected chi connectivity index (χ3v) is 4.60. The van der Waals surface area contributed by atoms with Crippen LogP contribution in [0, 0.1) is 6.92 Å². The third kappa shape index (κ3) is 4.47. The molecule has 1 aromatic carbocycles. The molecule has 1 aliphatic rings. The molecule has 0 atom stereocenters. The first kappa shape index (κ1) is 18.7. The SMILES string of the molecule is CN=C(NCc1ncccc1C)NCC1(c2ccccc2)CC1.I. The molecule has 2 aromatic rings. The van der Waals surface area contributed by atoms with E-state index in [0.717, 1.165) is 18.2 Å². The largest absolute Gasteiger partial charge is 0.356 e. The van der Waals surface area contributed by atoms with E-state index in [0.29, 0.717) is 6.54 Å². The van der Waals surface area contributed by atoms with E-state index in [-0.39, 0.29) is 29.4 Å². The van der Waals surface area contributed by atoms with E-state index in [2.05, 4.69) is 63.9 Å². The van der Waals surface area contributed by atoms with Crippen molar-refractivity contribution in [3.8, 4) is 0 Å². The molecule has 3 rings (SSSR count). The summed E-state index contributed by atoms with van der Waals surface area (Å²) in [6, 6.07) is 14.8. The molecule has 1 aliphatic carbocycles. The fourth-order valence-electron chi connectivity index (χ4n) is 2.85. The van der Waals surface area contributed by atoms with Gasteiger partial charge in [-0.05, 0) is 37.0 Å². The molecule has 24 heavy (non-hydrogen) atoms. The Labute approximate surface area is 161 Å². The van der Waals surface area contributed by atoms with E-state index in [1.807, 2.05) is 19.3 Å². The molecule has 5 heteroatoms. The van der Waals surface area contributed by atoms with Gasteiger partial charge in [0.1, 0.15) is 0 Å². The number of nitrogens with zero attached hydrogens (tertiary/aromatic N) is 2. The predicted octanol–water partition coefficient (Wildman–Crippen LogP) is 3.40. The smallest absolute Gasteiger partial charge is 0.191 e. The lowest BCUT2D eigenvalue weighted by Crippen LogP contribution is -2.41. The van der Waals surface area contributed by atoms with Crippen LogP contribution in [0.4, 0.5) is 0 Å². The zero-order valence-corrected chi connectivity index (χ0v) is 16.6. The topological polar surface area (TPSA) is 49.3 Å². The minimum Gasteiger partial charge on any atom is -0.356 e. The molecule has 128 valence electrons. The van der Waals surface area contributed by atoms with Gasteiger partial charge in [-0.3, -0.25) is 9.98 Å². The zero-order chi connectivity index (χ0) is 16.1. The van der Waals surface area contributed by atoms with Crippen molar-refractivity contribution in [2.75, 3.05) is 13.6 Å². The molecule has 0 radical (unpaired) electrons. The van der Waals surface area contributed by atoms with Gasteiger partial charge in [0.25, 0.3) is 0 Å². The molecule has 0 unspecified atom stereocenters. The molecule has 1 heterocycles. The van der Waals surface area contributed by atoms with Crippen LogP contribution in [0.2, 0.25) is 0 Å². The summed E-state index contributed by atoms with van der Waals surface area (Å²) in [7, 11) is 1.81. The number of aromatic nitrogens is 1. The molecule has 1 fully saturated rings. The van der Waals surface area contributed by atoms with Crippen LogP contribution in [-0.2, 0) is 12.0 Å². The Morgan fingerprint density at radius 1 is 1.12 bits per heavy atom. The molecule has 0 spiro atoms. The number of hydrogen-bond acceptors (Lipinski definition) is 2. The normalized spacial score (nSPS) is 15.3. The highest BCUT2D eigenvalue weighted by Crippen LogP contribution is 2.47. The molecular weight excluding hydrogens is 411 g/mol. The summed E-state index contributed by atoms with van der Waals surface area (Å²) in [6.45, 7) is 3.68. The first-order chi connectivity index (χ1) is 11.2. The average molecular weight is 436 g/mol. The van der Waals surface area contributed by atoms with E-state index in [9.17, 15) is 0 Å². The zero-order valence-electron chi connectivity index (χ0n) is 14.2. The molecule has 0 amide bonds. The molecule has 0 saturated heterocycles. The number of aliphatic imine (C=N–C) groups is 1. The van der Waals surface area contributed by atoms with Crippen molar-refractivity contribution in [2.45, 2.75) is 31.7 Å². The number of benzene rings is 1. The Balaban J connectivity index is 0.00000208. The van der Waals surface area contributed by atoms with Crippen molar-refractivity contribution in [1.29, 1.82) is 0 Å². The number of nitrogens with one attached hydrogen (secondary N) is 2. The Kier molecular flexibility index (Phi) is 6.60. The van der Waals surface area contributed by atoms with E-state index in [1.54, 1.807) is 0 Å². The van der Waals surface area contributed by atoms with Crippen LogP contribution in [0.25, 0.3) is 0 Å². The van der Waals surface area contributed by atoms with Crippen LogP contribution < -0.4 is 10.6 Å². The monoisotopic (exact) mass is 436 g/mol. The van der Waals surface area contributed by atoms with Crippen LogP contribution in [0.1, 0.15) is 29.7 Å². The van der Waals surface area contributed by atoms with Crippen LogP contribution in [-0.4, -0.2) is 24.5 Å². The third-order valence-electron chi connectivity index (χ3n) is 4.60. The maximum atomic E-state index is 4.41. The van der Waals surface area contributed by atoms with Gasteiger partial charge in [0, 0.05) is 25.2 Å². The molecular formula is C19H25IN4. The lowest BCUT2D eigenvalue weighted by molar-refractivity contribution is 0.644. The van der Waals surface area contributed by atoms with Gasteiger partial charge in [-0.1, -0.05) is 36.4 Å². The van der Waals surface area contributed by atoms with Crippen molar-refractivity contribution in [3.05, 3.63) is 65.5 Å². The second kappa shape index (κ2) is 8.46. The Hall–Kier alpha value is -1.63. The first-order valence-corrected chi connectivity index (χ1v) is 8.14. The second-order valence-electron chi connectivity index (χ2n) is 6.19. The summed E-state index contributed by atoms with van der Waals surface area (Å²) in [4.78, 5) is 8.73. The first-order valence-electron chi connectivity index (χ1n) is 8.14. The van der Waals surface area contributed by atoms with Gasteiger partial charge in [0.15, 0.2) is 5.96 Å². The molecule has 2 N–H and O–H groups in total. The van der Waals surface area contributed by atoms with E-state index >= 15 is 0 Å². The van der Waals surface area contributed by atoms with Gasteiger partial charge in [-0.25, -0.2) is 0 Å². The van der Waals surface area contributed by atoms with Crippen LogP contribution in [0.3, 0.4) is 0 Å². The number of hydrogen-bond donors (Lipinski definition) is 2. The Morgan fingerprint density at radius 3 is 2.50 bits per heavy atom. The molecule has 4 nitrogen and oxygen atoms in total. The second-order valence-corrected chi connectivity index (χ2v) is 6.19. The lowest BCUT2D eigenvalue weighted by Gasteiger charge is -2.19. The summed E-state index contributed by atoms with van der Waals surface area (Å²) < 4.78 is 0. The number of pyridine rings is 1. The molecule has 1 saturated carbocycles. The Morgan fingerprint density at radius 2 is 1.88 bits per heavy atom. The minimum absolute atomic E-state index is 0. The van der Waals surface area contributed by atoms with Gasteiger partial charge >= 0.3 is 0 Å². The molecule has 0 bridgehead atoms. The van der Waals surface area contributed by atoms with Gasteiger partial charge < -0.3 is 10.6 Å². The van der Waals surface area contributed by atoms with Gasteiger partial charge in [0.2, 0.25) is 0 Å². The van der Waals surface area contributed by atoms with E-state index < -0.39 is 0 Å². The minimum atomic E-state index is 0. The summed E-state index contributed by atoms with van der Waals surface area (Å²) in [5, 5.41) is 6.83.